The van der Waals surface area contributed by atoms with Gasteiger partial charge in [0.05, 0.1) is 44.5 Å². The summed E-state index contributed by atoms with van der Waals surface area (Å²) in [4.78, 5) is 14.3. The van der Waals surface area contributed by atoms with Gasteiger partial charge in [-0.3, -0.25) is 0 Å². The summed E-state index contributed by atoms with van der Waals surface area (Å²) in [6.07, 6.45) is -25.8. The highest BCUT2D eigenvalue weighted by Gasteiger charge is 2.40. The molecular formula is C56H29F15N4. The SMILES string of the molecule is FC(F)(F)c1ccc(-c2ccc(-c3nc(-c4ccccc4)nc(-c4ccccc4)n3)cc2-n2c3cc(-c4ccc(C(F)(F)F)cc4C(F)(F)F)ccc3c3ccc(-c4ccc(C(F)(F)F)cc4C(F)(F)F)cc32)cc1. The second-order valence-corrected chi connectivity index (χ2v) is 17.2. The number of hydrogen-bond acceptors (Lipinski definition) is 3. The first-order valence-corrected chi connectivity index (χ1v) is 22.2. The van der Waals surface area contributed by atoms with Crippen molar-refractivity contribution in [2.75, 3.05) is 0 Å². The maximum atomic E-state index is 14.8. The molecule has 19 heteroatoms. The van der Waals surface area contributed by atoms with Gasteiger partial charge in [-0.1, -0.05) is 121 Å². The zero-order chi connectivity index (χ0) is 53.4. The molecule has 0 spiro atoms. The van der Waals surface area contributed by atoms with Crippen LogP contribution < -0.4 is 0 Å². The molecule has 0 saturated heterocycles. The molecule has 0 amide bonds. The zero-order valence-corrected chi connectivity index (χ0v) is 37.7. The van der Waals surface area contributed by atoms with Crippen LogP contribution in [0.1, 0.15) is 27.8 Å². The minimum atomic E-state index is -5.34. The van der Waals surface area contributed by atoms with E-state index in [0.29, 0.717) is 35.4 Å². The molecule has 0 radical (unpaired) electrons. The third kappa shape index (κ3) is 9.77. The Morgan fingerprint density at radius 1 is 0.280 bits per heavy atom. The molecule has 10 rings (SSSR count). The van der Waals surface area contributed by atoms with E-state index in [2.05, 4.69) is 0 Å². The average Bonchev–Trinajstić information content (AvgIpc) is 3.72. The maximum Gasteiger partial charge on any atom is 0.417 e. The van der Waals surface area contributed by atoms with Crippen LogP contribution in [-0.2, 0) is 30.9 Å². The van der Waals surface area contributed by atoms with E-state index in [0.717, 1.165) is 24.3 Å². The Balaban J connectivity index is 1.31. The number of alkyl halides is 15. The first kappa shape index (κ1) is 50.1. The van der Waals surface area contributed by atoms with Crippen molar-refractivity contribution in [2.45, 2.75) is 30.9 Å². The summed E-state index contributed by atoms with van der Waals surface area (Å²) < 4.78 is 215. The van der Waals surface area contributed by atoms with E-state index in [4.69, 9.17) is 15.0 Å². The second kappa shape index (κ2) is 18.2. The number of rotatable bonds is 7. The number of fused-ring (bicyclic) bond motifs is 3. The largest absolute Gasteiger partial charge is 0.417 e. The number of hydrogen-bond donors (Lipinski definition) is 0. The highest BCUT2D eigenvalue weighted by Crippen LogP contribution is 2.47. The number of aromatic nitrogens is 4. The van der Waals surface area contributed by atoms with Gasteiger partial charge in [-0.25, -0.2) is 15.0 Å². The monoisotopic (exact) mass is 1040 g/mol. The van der Waals surface area contributed by atoms with Gasteiger partial charge in [0.1, 0.15) is 0 Å². The molecule has 0 N–H and O–H groups in total. The van der Waals surface area contributed by atoms with Crippen molar-refractivity contribution in [3.05, 3.63) is 204 Å². The lowest BCUT2D eigenvalue weighted by Crippen LogP contribution is -2.12. The van der Waals surface area contributed by atoms with Gasteiger partial charge in [-0.05, 0) is 82.4 Å². The van der Waals surface area contributed by atoms with Crippen LogP contribution in [0.4, 0.5) is 65.9 Å². The van der Waals surface area contributed by atoms with Crippen molar-refractivity contribution in [1.82, 2.24) is 19.5 Å². The van der Waals surface area contributed by atoms with Crippen LogP contribution in [0.3, 0.4) is 0 Å². The van der Waals surface area contributed by atoms with E-state index >= 15 is 0 Å². The lowest BCUT2D eigenvalue weighted by atomic mass is 9.95. The predicted molar refractivity (Wildman–Crippen MR) is 252 cm³/mol. The van der Waals surface area contributed by atoms with Gasteiger partial charge in [-0.15, -0.1) is 0 Å². The number of halogens is 15. The fourth-order valence-electron chi connectivity index (χ4n) is 8.90. The van der Waals surface area contributed by atoms with Crippen molar-refractivity contribution in [2.24, 2.45) is 0 Å². The lowest BCUT2D eigenvalue weighted by Gasteiger charge is -2.19. The first-order chi connectivity index (χ1) is 35.3. The molecule has 0 unspecified atom stereocenters. The van der Waals surface area contributed by atoms with Crippen molar-refractivity contribution >= 4 is 21.8 Å². The first-order valence-electron chi connectivity index (χ1n) is 22.2. The molecule has 0 aliphatic heterocycles. The Bertz CT molecular complexity index is 3610. The molecule has 2 heterocycles. The molecule has 0 fully saturated rings. The third-order valence-corrected chi connectivity index (χ3v) is 12.4. The van der Waals surface area contributed by atoms with Crippen LogP contribution in [0.5, 0.6) is 0 Å². The third-order valence-electron chi connectivity index (χ3n) is 12.4. The smallest absolute Gasteiger partial charge is 0.309 e. The number of benzene rings is 8. The minimum absolute atomic E-state index is 0.00737. The molecule has 8 aromatic carbocycles. The molecule has 2 aromatic heterocycles. The Kier molecular flexibility index (Phi) is 12.1. The summed E-state index contributed by atoms with van der Waals surface area (Å²) in [7, 11) is 0. The van der Waals surface area contributed by atoms with Crippen LogP contribution in [0.2, 0.25) is 0 Å². The van der Waals surface area contributed by atoms with Crippen LogP contribution in [0.15, 0.2) is 176 Å². The summed E-state index contributed by atoms with van der Waals surface area (Å²) in [6.45, 7) is 0. The average molecular weight is 1040 g/mol. The van der Waals surface area contributed by atoms with Gasteiger partial charge in [0.25, 0.3) is 0 Å². The normalized spacial score (nSPS) is 12.7. The summed E-state index contributed by atoms with van der Waals surface area (Å²) >= 11 is 0. The van der Waals surface area contributed by atoms with Crippen LogP contribution >= 0.6 is 0 Å². The summed E-state index contributed by atoms with van der Waals surface area (Å²) in [5.41, 5.74) is -7.87. The fourth-order valence-corrected chi connectivity index (χ4v) is 8.90. The van der Waals surface area contributed by atoms with Crippen molar-refractivity contribution in [3.63, 3.8) is 0 Å². The van der Waals surface area contributed by atoms with E-state index in [9.17, 15) is 65.9 Å². The van der Waals surface area contributed by atoms with Gasteiger partial charge in [0.2, 0.25) is 0 Å². The van der Waals surface area contributed by atoms with E-state index in [1.54, 1.807) is 60.7 Å². The van der Waals surface area contributed by atoms with Gasteiger partial charge in [-0.2, -0.15) is 65.9 Å². The molecule has 378 valence electrons. The molecule has 75 heavy (non-hydrogen) atoms. The summed E-state index contributed by atoms with van der Waals surface area (Å²) in [5, 5.41) is 0.428. The van der Waals surface area contributed by atoms with Crippen molar-refractivity contribution < 1.29 is 65.9 Å². The Hall–Kier alpha value is -8.48. The van der Waals surface area contributed by atoms with Crippen molar-refractivity contribution in [3.8, 4) is 73.2 Å². The van der Waals surface area contributed by atoms with E-state index in [-0.39, 0.29) is 84.9 Å². The quantitative estimate of drug-likeness (QED) is 0.149. The fraction of sp³-hybridized carbons (Fsp3) is 0.0893. The Labute approximate surface area is 414 Å². The highest BCUT2D eigenvalue weighted by molar-refractivity contribution is 6.12. The molecular weight excluding hydrogens is 1010 g/mol. The molecule has 0 bridgehead atoms. The van der Waals surface area contributed by atoms with Crippen LogP contribution in [-0.4, -0.2) is 19.5 Å². The molecule has 4 nitrogen and oxygen atoms in total. The maximum absolute atomic E-state index is 14.8. The van der Waals surface area contributed by atoms with Crippen molar-refractivity contribution in [1.29, 1.82) is 0 Å². The molecule has 0 atom stereocenters. The molecule has 10 aromatic rings. The van der Waals surface area contributed by atoms with Gasteiger partial charge in [0, 0.05) is 33.0 Å². The molecule has 0 aliphatic rings. The lowest BCUT2D eigenvalue weighted by molar-refractivity contribution is -0.144. The topological polar surface area (TPSA) is 43.6 Å². The van der Waals surface area contributed by atoms with Crippen LogP contribution in [0.25, 0.3) is 95.0 Å². The van der Waals surface area contributed by atoms with E-state index in [1.807, 2.05) is 0 Å². The van der Waals surface area contributed by atoms with Crippen LogP contribution in [0, 0.1) is 0 Å². The second-order valence-electron chi connectivity index (χ2n) is 17.2. The molecule has 0 aliphatic carbocycles. The minimum Gasteiger partial charge on any atom is -0.309 e. The molecule has 0 saturated carbocycles. The number of nitrogens with zero attached hydrogens (tertiary/aromatic N) is 4. The van der Waals surface area contributed by atoms with Gasteiger partial charge >= 0.3 is 30.9 Å². The zero-order valence-electron chi connectivity index (χ0n) is 37.7. The van der Waals surface area contributed by atoms with E-state index in [1.165, 1.54) is 59.2 Å². The standard InChI is InChI=1S/C56H29F15N4/c57-52(58,59)36-16-11-30(12-17-36)41-20-15-35(51-73-49(31-7-3-1-4-8-31)72-50(74-51)32-9-5-2-6-10-32)27-46(41)75-47-25-33(39-23-18-37(53(60,61)62)28-44(39)55(66,67)68)13-21-42(47)43-22-14-34(26-48(43)75)40-24-19-38(54(63,64)65)29-45(40)56(69,70)71/h1-29H. The van der Waals surface area contributed by atoms with Gasteiger partial charge < -0.3 is 4.57 Å². The highest BCUT2D eigenvalue weighted by atomic mass is 19.4. The summed E-state index contributed by atoms with van der Waals surface area (Å²) in [6, 6.07) is 35.5. The predicted octanol–water partition coefficient (Wildman–Crippen LogP) is 18.1. The summed E-state index contributed by atoms with van der Waals surface area (Å²) in [5.74, 6) is 0.435. The van der Waals surface area contributed by atoms with Gasteiger partial charge in [0.15, 0.2) is 17.5 Å². The van der Waals surface area contributed by atoms with E-state index < -0.39 is 69.8 Å². The Morgan fingerprint density at radius 2 is 0.640 bits per heavy atom. The Morgan fingerprint density at radius 3 is 1.04 bits per heavy atom.